The summed E-state index contributed by atoms with van der Waals surface area (Å²) in [6, 6.07) is 0. The highest BCUT2D eigenvalue weighted by molar-refractivity contribution is 5.60. The van der Waals surface area contributed by atoms with Crippen LogP contribution in [0.25, 0.3) is 0 Å². The molecule has 0 spiro atoms. The first-order chi connectivity index (χ1) is 8.96. The van der Waals surface area contributed by atoms with E-state index in [0.29, 0.717) is 0 Å². The van der Waals surface area contributed by atoms with Crippen molar-refractivity contribution in [2.45, 2.75) is 93.3 Å². The van der Waals surface area contributed by atoms with Gasteiger partial charge in [-0.3, -0.25) is 0 Å². The van der Waals surface area contributed by atoms with E-state index in [1.54, 1.807) is 0 Å². The summed E-state index contributed by atoms with van der Waals surface area (Å²) in [4.78, 5) is 11.9. The molecule has 120 valence electrons. The molecular formula is C17H34O3. The monoisotopic (exact) mass is 286 g/mol. The van der Waals surface area contributed by atoms with Crippen molar-refractivity contribution in [1.29, 1.82) is 0 Å². The molecule has 0 fully saturated rings. The van der Waals surface area contributed by atoms with Gasteiger partial charge in [0.15, 0.2) is 0 Å². The van der Waals surface area contributed by atoms with Gasteiger partial charge in [-0.05, 0) is 36.5 Å². The first-order valence-electron chi connectivity index (χ1n) is 7.84. The Morgan fingerprint density at radius 3 is 1.30 bits per heavy atom. The third kappa shape index (κ3) is 10.1. The number of hydrogen-bond acceptors (Lipinski definition) is 3. The summed E-state index contributed by atoms with van der Waals surface area (Å²) < 4.78 is 10.9. The zero-order chi connectivity index (χ0) is 16.0. The SMILES string of the molecule is CCC(CC(C)(C)C)OC(=O)OC(CC)CC(C)(C)C. The Morgan fingerprint density at radius 1 is 0.800 bits per heavy atom. The topological polar surface area (TPSA) is 35.5 Å². The van der Waals surface area contributed by atoms with Gasteiger partial charge < -0.3 is 9.47 Å². The normalized spacial score (nSPS) is 15.6. The highest BCUT2D eigenvalue weighted by Crippen LogP contribution is 2.26. The van der Waals surface area contributed by atoms with Crippen LogP contribution in [0.15, 0.2) is 0 Å². The maximum atomic E-state index is 11.9. The van der Waals surface area contributed by atoms with Crippen LogP contribution >= 0.6 is 0 Å². The third-order valence-electron chi connectivity index (χ3n) is 3.12. The highest BCUT2D eigenvalue weighted by Gasteiger charge is 2.25. The van der Waals surface area contributed by atoms with Crippen LogP contribution in [-0.4, -0.2) is 18.4 Å². The van der Waals surface area contributed by atoms with E-state index in [9.17, 15) is 4.79 Å². The van der Waals surface area contributed by atoms with Crippen LogP contribution in [0.1, 0.15) is 81.1 Å². The second-order valence-corrected chi connectivity index (χ2v) is 8.08. The van der Waals surface area contributed by atoms with Crippen LogP contribution in [0.5, 0.6) is 0 Å². The summed E-state index contributed by atoms with van der Waals surface area (Å²) >= 11 is 0. The van der Waals surface area contributed by atoms with Crippen LogP contribution in [0, 0.1) is 10.8 Å². The molecule has 0 saturated heterocycles. The zero-order valence-corrected chi connectivity index (χ0v) is 14.7. The number of carbonyl (C=O) groups is 1. The summed E-state index contributed by atoms with van der Waals surface area (Å²) in [5.41, 5.74) is 0.299. The quantitative estimate of drug-likeness (QED) is 0.599. The van der Waals surface area contributed by atoms with Crippen molar-refractivity contribution in [3.63, 3.8) is 0 Å². The van der Waals surface area contributed by atoms with Crippen molar-refractivity contribution in [2.24, 2.45) is 10.8 Å². The van der Waals surface area contributed by atoms with E-state index < -0.39 is 6.16 Å². The highest BCUT2D eigenvalue weighted by atomic mass is 16.7. The Bertz CT molecular complexity index is 256. The maximum Gasteiger partial charge on any atom is 0.508 e. The van der Waals surface area contributed by atoms with E-state index in [0.717, 1.165) is 25.7 Å². The molecule has 0 bridgehead atoms. The standard InChI is InChI=1S/C17H34O3/c1-9-13(11-16(3,4)5)19-15(18)20-14(10-2)12-17(6,7)8/h13-14H,9-12H2,1-8H3. The van der Waals surface area contributed by atoms with E-state index in [1.165, 1.54) is 0 Å². The minimum Gasteiger partial charge on any atom is -0.431 e. The zero-order valence-electron chi connectivity index (χ0n) is 14.7. The summed E-state index contributed by atoms with van der Waals surface area (Å²) in [7, 11) is 0. The van der Waals surface area contributed by atoms with Gasteiger partial charge in [-0.2, -0.15) is 0 Å². The number of hydrogen-bond donors (Lipinski definition) is 0. The maximum absolute atomic E-state index is 11.9. The van der Waals surface area contributed by atoms with Crippen LogP contribution in [0.4, 0.5) is 4.79 Å². The van der Waals surface area contributed by atoms with Gasteiger partial charge in [-0.1, -0.05) is 55.4 Å². The molecule has 20 heavy (non-hydrogen) atoms. The Kier molecular flexibility index (Phi) is 7.61. The van der Waals surface area contributed by atoms with Gasteiger partial charge in [0, 0.05) is 0 Å². The minimum absolute atomic E-state index is 0.0605. The Balaban J connectivity index is 4.37. The molecule has 0 aromatic rings. The average molecular weight is 286 g/mol. The molecule has 2 atom stereocenters. The first-order valence-corrected chi connectivity index (χ1v) is 7.84. The molecule has 0 radical (unpaired) electrons. The van der Waals surface area contributed by atoms with Gasteiger partial charge in [0.25, 0.3) is 0 Å². The van der Waals surface area contributed by atoms with Crippen molar-refractivity contribution in [1.82, 2.24) is 0 Å². The lowest BCUT2D eigenvalue weighted by Crippen LogP contribution is -2.28. The molecule has 0 aromatic carbocycles. The van der Waals surface area contributed by atoms with E-state index >= 15 is 0 Å². The molecule has 0 heterocycles. The van der Waals surface area contributed by atoms with Crippen LogP contribution in [-0.2, 0) is 9.47 Å². The minimum atomic E-state index is -0.516. The van der Waals surface area contributed by atoms with Gasteiger partial charge in [-0.15, -0.1) is 0 Å². The fourth-order valence-electron chi connectivity index (χ4n) is 2.20. The van der Waals surface area contributed by atoms with Crippen molar-refractivity contribution in [3.8, 4) is 0 Å². The smallest absolute Gasteiger partial charge is 0.431 e. The molecule has 0 aliphatic heterocycles. The summed E-state index contributed by atoms with van der Waals surface area (Å²) in [6.07, 6.45) is 2.72. The molecule has 0 amide bonds. The molecule has 3 nitrogen and oxygen atoms in total. The molecule has 0 rings (SSSR count). The molecule has 0 saturated carbocycles. The second kappa shape index (κ2) is 7.90. The van der Waals surface area contributed by atoms with Gasteiger partial charge in [-0.25, -0.2) is 4.79 Å². The van der Waals surface area contributed by atoms with E-state index in [2.05, 4.69) is 41.5 Å². The summed E-state index contributed by atoms with van der Waals surface area (Å²) in [6.45, 7) is 17.0. The van der Waals surface area contributed by atoms with Gasteiger partial charge in [0.2, 0.25) is 0 Å². The lowest BCUT2D eigenvalue weighted by atomic mass is 9.88. The van der Waals surface area contributed by atoms with E-state index in [-0.39, 0.29) is 23.0 Å². The van der Waals surface area contributed by atoms with Crippen LogP contribution < -0.4 is 0 Å². The number of rotatable bonds is 6. The Hall–Kier alpha value is -0.730. The van der Waals surface area contributed by atoms with Crippen molar-refractivity contribution in [3.05, 3.63) is 0 Å². The fourth-order valence-corrected chi connectivity index (χ4v) is 2.20. The van der Waals surface area contributed by atoms with Crippen LogP contribution in [0.3, 0.4) is 0 Å². The molecule has 0 N–H and O–H groups in total. The lowest BCUT2D eigenvalue weighted by Gasteiger charge is -2.27. The fraction of sp³-hybridized carbons (Fsp3) is 0.941. The summed E-state index contributed by atoms with van der Waals surface area (Å²) in [5.74, 6) is 0. The van der Waals surface area contributed by atoms with E-state index in [1.807, 2.05) is 13.8 Å². The Morgan fingerprint density at radius 2 is 1.10 bits per heavy atom. The molecule has 2 unspecified atom stereocenters. The van der Waals surface area contributed by atoms with Crippen molar-refractivity contribution in [2.75, 3.05) is 0 Å². The van der Waals surface area contributed by atoms with Gasteiger partial charge in [0.05, 0.1) is 0 Å². The predicted octanol–water partition coefficient (Wildman–Crippen LogP) is 5.57. The van der Waals surface area contributed by atoms with Crippen molar-refractivity contribution < 1.29 is 14.3 Å². The summed E-state index contributed by atoms with van der Waals surface area (Å²) in [5, 5.41) is 0. The second-order valence-electron chi connectivity index (χ2n) is 8.08. The van der Waals surface area contributed by atoms with Gasteiger partial charge in [0.1, 0.15) is 12.2 Å². The molecule has 0 aliphatic carbocycles. The number of carbonyl (C=O) groups excluding carboxylic acids is 1. The molecule has 0 aromatic heterocycles. The third-order valence-corrected chi connectivity index (χ3v) is 3.12. The number of ether oxygens (including phenoxy) is 2. The van der Waals surface area contributed by atoms with E-state index in [4.69, 9.17) is 9.47 Å². The van der Waals surface area contributed by atoms with Crippen LogP contribution in [0.2, 0.25) is 0 Å². The first kappa shape index (κ1) is 19.3. The molecular weight excluding hydrogens is 252 g/mol. The van der Waals surface area contributed by atoms with Gasteiger partial charge >= 0.3 is 6.16 Å². The van der Waals surface area contributed by atoms with Crippen molar-refractivity contribution >= 4 is 6.16 Å². The largest absolute Gasteiger partial charge is 0.508 e. The average Bonchev–Trinajstić information content (AvgIpc) is 2.23. The predicted molar refractivity (Wildman–Crippen MR) is 83.9 cm³/mol. The lowest BCUT2D eigenvalue weighted by molar-refractivity contribution is -0.0216. The Labute approximate surface area is 125 Å². The molecule has 3 heteroatoms. The molecule has 0 aliphatic rings.